The van der Waals surface area contributed by atoms with E-state index in [1.54, 1.807) is 26.0 Å². The molecule has 3 N–H and O–H groups in total. The van der Waals surface area contributed by atoms with Crippen molar-refractivity contribution in [3.05, 3.63) is 144 Å². The molecule has 0 spiro atoms. The molecule has 1 unspecified atom stereocenters. The third-order valence-electron chi connectivity index (χ3n) is 11.6. The summed E-state index contributed by atoms with van der Waals surface area (Å²) in [7, 11) is -7.92. The molecule has 396 valence electrons. The molecule has 2 aromatic carbocycles. The molecule has 4 aromatic heterocycles. The summed E-state index contributed by atoms with van der Waals surface area (Å²) in [6.45, 7) is 3.64. The monoisotopic (exact) mass is 1100 g/mol. The van der Waals surface area contributed by atoms with Gasteiger partial charge in [-0.2, -0.15) is 35.0 Å². The Morgan fingerprint density at radius 2 is 1.01 bits per heavy atom. The van der Waals surface area contributed by atoms with Crippen LogP contribution in [0.4, 0.5) is 35.1 Å². The van der Waals surface area contributed by atoms with E-state index in [2.05, 4.69) is 29.9 Å². The minimum Gasteiger partial charge on any atom is -0.480 e. The van der Waals surface area contributed by atoms with Gasteiger partial charge in [-0.05, 0) is 131 Å². The second-order valence-electron chi connectivity index (χ2n) is 16.6. The highest BCUT2D eigenvalue weighted by atomic mass is 35.5. The molecule has 0 saturated carbocycles. The minimum atomic E-state index is -4.55. The molecule has 8 rings (SSSR count). The van der Waals surface area contributed by atoms with Crippen molar-refractivity contribution in [3.8, 4) is 22.5 Å². The number of sulfonamides is 2. The van der Waals surface area contributed by atoms with Crippen molar-refractivity contribution in [1.29, 1.82) is 0 Å². The van der Waals surface area contributed by atoms with E-state index in [0.29, 0.717) is 53.2 Å². The summed E-state index contributed by atoms with van der Waals surface area (Å²) in [6.07, 6.45) is -2.37. The van der Waals surface area contributed by atoms with Crippen LogP contribution in [0.5, 0.6) is 0 Å². The van der Waals surface area contributed by atoms with Gasteiger partial charge >= 0.3 is 18.3 Å². The molecule has 0 bridgehead atoms. The quantitative estimate of drug-likeness (QED) is 0.110. The van der Waals surface area contributed by atoms with Crippen LogP contribution in [-0.2, 0) is 55.0 Å². The summed E-state index contributed by atoms with van der Waals surface area (Å²) >= 11 is 0. The largest absolute Gasteiger partial charge is 0.480 e. The van der Waals surface area contributed by atoms with Crippen molar-refractivity contribution in [2.75, 3.05) is 0 Å². The normalized spacial score (nSPS) is 18.3. The molecule has 16 nitrogen and oxygen atoms in total. The third kappa shape index (κ3) is 14.2. The van der Waals surface area contributed by atoms with Gasteiger partial charge in [0, 0.05) is 54.3 Å². The smallest absolute Gasteiger partial charge is 0.433 e. The lowest BCUT2D eigenvalue weighted by Crippen LogP contribution is -2.44. The molecule has 74 heavy (non-hydrogen) atoms. The first-order chi connectivity index (χ1) is 34.3. The molecule has 0 radical (unpaired) electrons. The number of carbonyl (C=O) groups is 2. The van der Waals surface area contributed by atoms with Gasteiger partial charge in [0.25, 0.3) is 0 Å². The van der Waals surface area contributed by atoms with E-state index in [0.717, 1.165) is 65.2 Å². The number of hydrogen-bond acceptors (Lipinski definition) is 13. The lowest BCUT2D eigenvalue weighted by atomic mass is 10.0. The molecule has 2 aliphatic rings. The number of aryl methyl sites for hydroxylation is 1. The molecule has 2 aliphatic heterocycles. The number of alkyl halides is 6. The number of hydrogen-bond donors (Lipinski definition) is 2. The van der Waals surface area contributed by atoms with Gasteiger partial charge in [-0.15, -0.1) is 12.4 Å². The SMILES string of the molecule is C[C@H]1CCC(C(=O)CCc2cc(-c3ccc(C(F)(F)F)nc3)ncn2)N1S(=O)(=O)c1ccc(F)cc1.C[C@H]1CC[C@@H](C(=O)O)N1S(=O)(=O)c1ccc(F)cc1.Cl.NCc1cc(-c2ccc(C(F)(F)F)nc2)ncn1. The zero-order chi connectivity index (χ0) is 53.5. The average molecular weight is 1100 g/mol. The number of benzene rings is 2. The highest BCUT2D eigenvalue weighted by Crippen LogP contribution is 2.34. The van der Waals surface area contributed by atoms with Crippen molar-refractivity contribution in [2.24, 2.45) is 5.73 Å². The Bertz CT molecular complexity index is 3110. The van der Waals surface area contributed by atoms with Crippen LogP contribution >= 0.6 is 12.4 Å². The van der Waals surface area contributed by atoms with Crippen molar-refractivity contribution < 1.29 is 66.7 Å². The number of ketones is 1. The highest BCUT2D eigenvalue weighted by molar-refractivity contribution is 7.89. The van der Waals surface area contributed by atoms with E-state index in [1.807, 2.05) is 0 Å². The first-order valence-electron chi connectivity index (χ1n) is 22.0. The maximum Gasteiger partial charge on any atom is 0.433 e. The topological polar surface area (TPSA) is 232 Å². The van der Waals surface area contributed by atoms with Crippen LogP contribution in [0, 0.1) is 11.6 Å². The second kappa shape index (κ2) is 24.3. The van der Waals surface area contributed by atoms with Crippen LogP contribution < -0.4 is 5.73 Å². The summed E-state index contributed by atoms with van der Waals surface area (Å²) in [4.78, 5) is 46.9. The second-order valence-corrected chi connectivity index (χ2v) is 20.3. The van der Waals surface area contributed by atoms with Crippen molar-refractivity contribution in [1.82, 2.24) is 38.5 Å². The van der Waals surface area contributed by atoms with E-state index in [9.17, 15) is 61.5 Å². The van der Waals surface area contributed by atoms with E-state index in [4.69, 9.17) is 10.8 Å². The van der Waals surface area contributed by atoms with Gasteiger partial charge in [-0.3, -0.25) is 19.6 Å². The summed E-state index contributed by atoms with van der Waals surface area (Å²) < 4.78 is 155. The number of pyridine rings is 2. The van der Waals surface area contributed by atoms with Crippen LogP contribution in [0.25, 0.3) is 22.5 Å². The molecule has 27 heteroatoms. The molecule has 0 amide bonds. The van der Waals surface area contributed by atoms with Gasteiger partial charge in [-0.1, -0.05) is 0 Å². The first kappa shape index (κ1) is 58.4. The van der Waals surface area contributed by atoms with Crippen LogP contribution in [0.15, 0.2) is 120 Å². The standard InChI is InChI=1S/C24H22F4N4O3S.C12H14FNO4S.C11H9F3N4.ClH/c1-15-2-9-21(32(15)36(34,35)19-7-4-17(25)5-8-19)22(33)10-6-18-12-20(31-14-30-18)16-3-11-23(29-13-16)24(26,27)28;1-8-2-7-11(12(15)16)14(8)19(17,18)10-5-3-9(13)4-6-10;12-11(13,14)10-2-1-7(5-16-10)9-3-8(4-15)17-6-18-9;/h3-5,7-8,11-15,21H,2,6,9-10H2,1H3;3-6,8,11H,2,7H2,1H3,(H,15,16);1-3,5-6H,4,15H2;1H/t15-,21?;8-,11-;;/m00../s1. The van der Waals surface area contributed by atoms with Crippen LogP contribution in [0.3, 0.4) is 0 Å². The van der Waals surface area contributed by atoms with Gasteiger partial charge in [0.15, 0.2) is 5.78 Å². The molecule has 2 fully saturated rings. The van der Waals surface area contributed by atoms with Gasteiger partial charge in [-0.25, -0.2) is 45.6 Å². The molecular weight excluding hydrogens is 1050 g/mol. The molecule has 0 aliphatic carbocycles. The zero-order valence-electron chi connectivity index (χ0n) is 39.0. The predicted octanol–water partition coefficient (Wildman–Crippen LogP) is 8.33. The maximum atomic E-state index is 13.3. The van der Waals surface area contributed by atoms with Crippen LogP contribution in [-0.4, -0.2) is 96.4 Å². The number of carboxylic acid groups (broad SMARTS) is 1. The summed E-state index contributed by atoms with van der Waals surface area (Å²) in [5, 5.41) is 9.09. The number of rotatable bonds is 12. The Morgan fingerprint density at radius 3 is 1.41 bits per heavy atom. The fourth-order valence-corrected chi connectivity index (χ4v) is 11.6. The fraction of sp³-hybridized carbons (Fsp3) is 0.319. The summed E-state index contributed by atoms with van der Waals surface area (Å²) in [6, 6.07) is 13.7. The summed E-state index contributed by atoms with van der Waals surface area (Å²) in [5.74, 6) is -2.54. The molecule has 2 saturated heterocycles. The average Bonchev–Trinajstić information content (AvgIpc) is 3.97. The van der Waals surface area contributed by atoms with Crippen molar-refractivity contribution in [3.63, 3.8) is 0 Å². The number of Topliss-reactive ketones (excluding diaryl/α,β-unsaturated/α-hetero) is 1. The maximum absolute atomic E-state index is 13.3. The Morgan fingerprint density at radius 1 is 0.608 bits per heavy atom. The lowest BCUT2D eigenvalue weighted by molar-refractivity contribution is -0.141. The van der Waals surface area contributed by atoms with E-state index in [1.165, 1.54) is 41.2 Å². The highest BCUT2D eigenvalue weighted by Gasteiger charge is 2.45. The molecule has 6 heterocycles. The Labute approximate surface area is 425 Å². The predicted molar refractivity (Wildman–Crippen MR) is 252 cm³/mol. The van der Waals surface area contributed by atoms with Gasteiger partial charge in [0.2, 0.25) is 20.0 Å². The Hall–Kier alpha value is -6.45. The van der Waals surface area contributed by atoms with Gasteiger partial charge in [0.05, 0.1) is 32.9 Å². The first-order valence-corrected chi connectivity index (χ1v) is 24.9. The van der Waals surface area contributed by atoms with E-state index >= 15 is 0 Å². The van der Waals surface area contributed by atoms with Crippen molar-refractivity contribution in [2.45, 2.75) is 105 Å². The fourth-order valence-electron chi connectivity index (χ4n) is 7.93. The number of aromatic nitrogens is 6. The van der Waals surface area contributed by atoms with E-state index < -0.39 is 79.5 Å². The number of nitrogens with zero attached hydrogens (tertiary/aromatic N) is 8. The number of carbonyl (C=O) groups excluding carboxylic acids is 1. The van der Waals surface area contributed by atoms with Crippen LogP contribution in [0.2, 0.25) is 0 Å². The zero-order valence-corrected chi connectivity index (χ0v) is 41.4. The number of nitrogens with two attached hydrogens (primary N) is 1. The van der Waals surface area contributed by atoms with Gasteiger partial charge < -0.3 is 10.8 Å². The Balaban J connectivity index is 0.000000225. The van der Waals surface area contributed by atoms with E-state index in [-0.39, 0.29) is 59.8 Å². The minimum absolute atomic E-state index is 0. The van der Waals surface area contributed by atoms with Crippen molar-refractivity contribution >= 4 is 44.2 Å². The van der Waals surface area contributed by atoms with Gasteiger partial charge in [0.1, 0.15) is 41.7 Å². The Kier molecular flexibility index (Phi) is 19.2. The lowest BCUT2D eigenvalue weighted by Gasteiger charge is -2.27. The summed E-state index contributed by atoms with van der Waals surface area (Å²) in [5.41, 5.74) is 6.25. The number of aliphatic carboxylic acids is 1. The third-order valence-corrected chi connectivity index (χ3v) is 15.7. The number of carboxylic acids is 1. The molecular formula is C47H46ClF8N9O7S2. The number of halogens is 9. The molecule has 6 aromatic rings. The van der Waals surface area contributed by atoms with Crippen LogP contribution in [0.1, 0.15) is 68.7 Å². The molecule has 4 atom stereocenters.